The highest BCUT2D eigenvalue weighted by Crippen LogP contribution is 2.37. The first-order chi connectivity index (χ1) is 14.4. The van der Waals surface area contributed by atoms with E-state index in [4.69, 9.17) is 11.6 Å². The third-order valence-electron chi connectivity index (χ3n) is 4.84. The highest BCUT2D eigenvalue weighted by atomic mass is 35.5. The Bertz CT molecular complexity index is 1070. The quantitative estimate of drug-likeness (QED) is 0.445. The molecular formula is C18H19ClF4N4O2S2. The van der Waals surface area contributed by atoms with Crippen LogP contribution in [0.15, 0.2) is 40.3 Å². The normalized spacial score (nSPS) is 19.9. The van der Waals surface area contributed by atoms with Crippen molar-refractivity contribution in [3.05, 3.63) is 46.2 Å². The fraction of sp³-hybridized carbons (Fsp3) is 0.389. The molecule has 0 fully saturated rings. The van der Waals surface area contributed by atoms with E-state index in [0.29, 0.717) is 0 Å². The zero-order valence-electron chi connectivity index (χ0n) is 16.4. The first-order valence-electron chi connectivity index (χ1n) is 8.99. The molecule has 2 N–H and O–H groups in total. The number of rotatable bonds is 6. The Morgan fingerprint density at radius 1 is 1.29 bits per heavy atom. The van der Waals surface area contributed by atoms with Crippen molar-refractivity contribution in [1.29, 1.82) is 0 Å². The Labute approximate surface area is 186 Å². The van der Waals surface area contributed by atoms with Crippen LogP contribution in [-0.4, -0.2) is 50.7 Å². The van der Waals surface area contributed by atoms with Gasteiger partial charge in [0.1, 0.15) is 10.7 Å². The number of aromatic nitrogens is 1. The second kappa shape index (κ2) is 8.93. The molecule has 3 rings (SSSR count). The van der Waals surface area contributed by atoms with E-state index in [9.17, 15) is 26.0 Å². The van der Waals surface area contributed by atoms with Crippen LogP contribution in [0.1, 0.15) is 12.8 Å². The van der Waals surface area contributed by atoms with Gasteiger partial charge in [-0.25, -0.2) is 17.8 Å². The second-order valence-electron chi connectivity index (χ2n) is 7.15. The van der Waals surface area contributed by atoms with Gasteiger partial charge in [-0.3, -0.25) is 4.72 Å². The molecule has 1 aliphatic carbocycles. The van der Waals surface area contributed by atoms with Gasteiger partial charge in [-0.05, 0) is 39.1 Å². The van der Waals surface area contributed by atoms with Crippen LogP contribution in [0.25, 0.3) is 0 Å². The number of hydrogen-bond donors (Lipinski definition) is 2. The molecule has 0 bridgehead atoms. The third kappa shape index (κ3) is 5.48. The van der Waals surface area contributed by atoms with E-state index in [-0.39, 0.29) is 34.7 Å². The number of sulfonamides is 1. The van der Waals surface area contributed by atoms with E-state index < -0.39 is 38.5 Å². The summed E-state index contributed by atoms with van der Waals surface area (Å²) in [6, 6.07) is 0.768. The van der Waals surface area contributed by atoms with E-state index in [1.54, 1.807) is 24.4 Å². The number of nitrogens with zero attached hydrogens (tertiary/aromatic N) is 2. The first kappa shape index (κ1) is 23.8. The number of thiazole rings is 1. The van der Waals surface area contributed by atoms with Crippen LogP contribution < -0.4 is 10.0 Å². The molecule has 2 atom stereocenters. The van der Waals surface area contributed by atoms with Crippen molar-refractivity contribution in [3.8, 4) is 0 Å². The zero-order chi connectivity index (χ0) is 23.0. The third-order valence-corrected chi connectivity index (χ3v) is 7.33. The summed E-state index contributed by atoms with van der Waals surface area (Å²) in [6.07, 6.45) is -2.12. The molecule has 0 spiro atoms. The summed E-state index contributed by atoms with van der Waals surface area (Å²) < 4.78 is 81.3. The first-order valence-corrected chi connectivity index (χ1v) is 11.7. The van der Waals surface area contributed by atoms with Crippen LogP contribution in [0.2, 0.25) is 5.02 Å². The van der Waals surface area contributed by atoms with Gasteiger partial charge in [0.15, 0.2) is 5.13 Å². The lowest BCUT2D eigenvalue weighted by molar-refractivity contribution is -0.0961. The molecule has 31 heavy (non-hydrogen) atoms. The van der Waals surface area contributed by atoms with Crippen LogP contribution >= 0.6 is 22.9 Å². The lowest BCUT2D eigenvalue weighted by Gasteiger charge is -2.37. The molecule has 1 aromatic heterocycles. The number of benzene rings is 1. The maximum absolute atomic E-state index is 14.7. The molecule has 13 heteroatoms. The standard InChI is InChI=1S/C18H19ClF4N4O2S2/c1-27(2)15-4-3-10(18(21,22)23)7-14(15)25-13-9-12(20)16(8-11(13)19)31(28,29)26-17-24-5-6-30-17/h3,5-6,8-9,14-15,25H,4,7H2,1-2H3,(H,24,26)/t14-,15-/m1/s1. The molecule has 0 saturated heterocycles. The van der Waals surface area contributed by atoms with Crippen molar-refractivity contribution < 1.29 is 26.0 Å². The minimum absolute atomic E-state index is 0.00707. The lowest BCUT2D eigenvalue weighted by Crippen LogP contribution is -2.46. The summed E-state index contributed by atoms with van der Waals surface area (Å²) in [5.74, 6) is -1.10. The Morgan fingerprint density at radius 2 is 2.00 bits per heavy atom. The number of halogens is 5. The fourth-order valence-electron chi connectivity index (χ4n) is 3.32. The van der Waals surface area contributed by atoms with Gasteiger partial charge in [-0.1, -0.05) is 17.7 Å². The molecule has 1 heterocycles. The molecule has 0 unspecified atom stereocenters. The molecule has 0 saturated carbocycles. The van der Waals surface area contributed by atoms with Gasteiger partial charge in [0.05, 0.1) is 10.7 Å². The van der Waals surface area contributed by atoms with E-state index in [1.165, 1.54) is 6.20 Å². The minimum Gasteiger partial charge on any atom is -0.379 e. The molecular weight excluding hydrogens is 480 g/mol. The number of nitrogens with one attached hydrogen (secondary N) is 2. The molecule has 6 nitrogen and oxygen atoms in total. The minimum atomic E-state index is -4.47. The molecule has 170 valence electrons. The molecule has 0 amide bonds. The molecule has 1 aromatic carbocycles. The van der Waals surface area contributed by atoms with Gasteiger partial charge < -0.3 is 10.2 Å². The van der Waals surface area contributed by atoms with Crippen LogP contribution in [0.3, 0.4) is 0 Å². The number of alkyl halides is 3. The van der Waals surface area contributed by atoms with Gasteiger partial charge in [-0.15, -0.1) is 11.3 Å². The van der Waals surface area contributed by atoms with Crippen LogP contribution in [0, 0.1) is 5.82 Å². The average Bonchev–Trinajstić information content (AvgIpc) is 3.15. The van der Waals surface area contributed by atoms with E-state index in [2.05, 4.69) is 15.0 Å². The van der Waals surface area contributed by atoms with Gasteiger partial charge in [-0.2, -0.15) is 13.2 Å². The smallest absolute Gasteiger partial charge is 0.379 e. The van der Waals surface area contributed by atoms with Crippen LogP contribution in [0.5, 0.6) is 0 Å². The Hall–Kier alpha value is -1.89. The summed E-state index contributed by atoms with van der Waals surface area (Å²) in [5, 5.41) is 4.33. The molecule has 2 aromatic rings. The Morgan fingerprint density at radius 3 is 2.58 bits per heavy atom. The molecule has 1 aliphatic rings. The average molecular weight is 499 g/mol. The molecule has 0 aliphatic heterocycles. The van der Waals surface area contributed by atoms with Crippen LogP contribution in [0.4, 0.5) is 28.4 Å². The topological polar surface area (TPSA) is 74.3 Å². The van der Waals surface area contributed by atoms with Gasteiger partial charge in [0.25, 0.3) is 10.0 Å². The van der Waals surface area contributed by atoms with Crippen molar-refractivity contribution in [2.75, 3.05) is 24.1 Å². The lowest BCUT2D eigenvalue weighted by atomic mass is 9.89. The van der Waals surface area contributed by atoms with Crippen molar-refractivity contribution in [2.45, 2.75) is 36.0 Å². The second-order valence-corrected chi connectivity index (χ2v) is 10.1. The van der Waals surface area contributed by atoms with E-state index in [0.717, 1.165) is 29.5 Å². The predicted octanol–water partition coefficient (Wildman–Crippen LogP) is 4.73. The van der Waals surface area contributed by atoms with Gasteiger partial charge in [0.2, 0.25) is 0 Å². The van der Waals surface area contributed by atoms with E-state index in [1.807, 2.05) is 0 Å². The summed E-state index contributed by atoms with van der Waals surface area (Å²) >= 11 is 7.19. The van der Waals surface area contributed by atoms with Crippen molar-refractivity contribution in [1.82, 2.24) is 9.88 Å². The maximum Gasteiger partial charge on any atom is 0.412 e. The highest BCUT2D eigenvalue weighted by Gasteiger charge is 2.40. The molecule has 0 radical (unpaired) electrons. The summed E-state index contributed by atoms with van der Waals surface area (Å²) in [6.45, 7) is 0. The summed E-state index contributed by atoms with van der Waals surface area (Å²) in [4.78, 5) is 4.86. The zero-order valence-corrected chi connectivity index (χ0v) is 18.8. The van der Waals surface area contributed by atoms with Gasteiger partial charge in [0, 0.05) is 29.2 Å². The summed E-state index contributed by atoms with van der Waals surface area (Å²) in [7, 11) is -0.834. The Balaban J connectivity index is 1.88. The van der Waals surface area contributed by atoms with E-state index >= 15 is 0 Å². The number of hydrogen-bond acceptors (Lipinski definition) is 6. The SMILES string of the molecule is CN(C)[C@@H]1CC=C(C(F)(F)F)C[C@H]1Nc1cc(F)c(S(=O)(=O)Nc2nccs2)cc1Cl. The summed E-state index contributed by atoms with van der Waals surface area (Å²) in [5.41, 5.74) is -0.667. The van der Waals surface area contributed by atoms with Gasteiger partial charge >= 0.3 is 6.18 Å². The largest absolute Gasteiger partial charge is 0.412 e. The number of likely N-dealkylation sites (N-methyl/N-ethyl adjacent to an activating group) is 1. The monoisotopic (exact) mass is 498 g/mol. The fourth-order valence-corrected chi connectivity index (χ4v) is 5.48. The van der Waals surface area contributed by atoms with Crippen molar-refractivity contribution in [3.63, 3.8) is 0 Å². The highest BCUT2D eigenvalue weighted by molar-refractivity contribution is 7.93. The van der Waals surface area contributed by atoms with Crippen molar-refractivity contribution >= 4 is 43.8 Å². The van der Waals surface area contributed by atoms with Crippen molar-refractivity contribution in [2.24, 2.45) is 0 Å². The van der Waals surface area contributed by atoms with Crippen LogP contribution in [-0.2, 0) is 10.0 Å². The number of anilines is 2. The Kier molecular flexibility index (Phi) is 6.84. The predicted molar refractivity (Wildman–Crippen MR) is 113 cm³/mol. The maximum atomic E-state index is 14.7.